The average molecular weight is 289 g/mol. The maximum Gasteiger partial charge on any atom is 0.244 e. The lowest BCUT2D eigenvalue weighted by Gasteiger charge is -2.33. The standard InChI is InChI=1S/C11H16FN3O3S/c12-10-7-11(9-13-8-10)19(17,18)15-3-1-14(2-4-15)5-6-16/h7-9,16H,1-6H2. The largest absolute Gasteiger partial charge is 0.395 e. The van der Waals surface area contributed by atoms with E-state index in [0.717, 1.165) is 18.5 Å². The van der Waals surface area contributed by atoms with Gasteiger partial charge in [0.2, 0.25) is 10.0 Å². The van der Waals surface area contributed by atoms with Crippen LogP contribution in [-0.2, 0) is 10.0 Å². The molecule has 0 bridgehead atoms. The summed E-state index contributed by atoms with van der Waals surface area (Å²) < 4.78 is 38.9. The second-order valence-electron chi connectivity index (χ2n) is 4.31. The Kier molecular flexibility index (Phi) is 4.46. The SMILES string of the molecule is O=S(=O)(c1cncc(F)c1)N1CCN(CCO)CC1. The first-order valence-corrected chi connectivity index (χ1v) is 7.42. The van der Waals surface area contributed by atoms with Gasteiger partial charge in [0.15, 0.2) is 0 Å². The van der Waals surface area contributed by atoms with Crippen molar-refractivity contribution < 1.29 is 17.9 Å². The van der Waals surface area contributed by atoms with E-state index in [1.54, 1.807) is 0 Å². The first-order chi connectivity index (χ1) is 9.04. The highest BCUT2D eigenvalue weighted by atomic mass is 32.2. The van der Waals surface area contributed by atoms with Gasteiger partial charge in [0.05, 0.1) is 12.8 Å². The van der Waals surface area contributed by atoms with Crippen LogP contribution in [0.4, 0.5) is 4.39 Å². The number of sulfonamides is 1. The van der Waals surface area contributed by atoms with Gasteiger partial charge in [0.25, 0.3) is 0 Å². The van der Waals surface area contributed by atoms with E-state index in [2.05, 4.69) is 4.98 Å². The van der Waals surface area contributed by atoms with Crippen LogP contribution in [0.5, 0.6) is 0 Å². The number of β-amino-alcohol motifs (C(OH)–C–C–N with tert-alkyl or cyclic N) is 1. The zero-order valence-corrected chi connectivity index (χ0v) is 11.2. The van der Waals surface area contributed by atoms with Crippen molar-refractivity contribution in [2.75, 3.05) is 39.3 Å². The first kappa shape index (κ1) is 14.3. The topological polar surface area (TPSA) is 73.7 Å². The summed E-state index contributed by atoms with van der Waals surface area (Å²) in [6, 6.07) is 0.975. The van der Waals surface area contributed by atoms with Crippen LogP contribution in [0.1, 0.15) is 0 Å². The fourth-order valence-electron chi connectivity index (χ4n) is 2.02. The van der Waals surface area contributed by atoms with Gasteiger partial charge in [-0.1, -0.05) is 0 Å². The lowest BCUT2D eigenvalue weighted by molar-refractivity contribution is 0.151. The molecule has 1 aliphatic heterocycles. The Labute approximate surface area is 111 Å². The van der Waals surface area contributed by atoms with Crippen LogP contribution in [0.25, 0.3) is 0 Å². The number of hydrogen-bond acceptors (Lipinski definition) is 5. The molecule has 0 aromatic carbocycles. The summed E-state index contributed by atoms with van der Waals surface area (Å²) in [5.41, 5.74) is 0. The van der Waals surface area contributed by atoms with Crippen molar-refractivity contribution in [3.63, 3.8) is 0 Å². The summed E-state index contributed by atoms with van der Waals surface area (Å²) in [4.78, 5) is 5.43. The van der Waals surface area contributed by atoms with Crippen molar-refractivity contribution in [3.8, 4) is 0 Å². The molecule has 1 saturated heterocycles. The zero-order chi connectivity index (χ0) is 13.9. The molecule has 6 nitrogen and oxygen atoms in total. The Hall–Kier alpha value is -1.09. The fourth-order valence-corrected chi connectivity index (χ4v) is 3.42. The maximum atomic E-state index is 13.0. The predicted molar refractivity (Wildman–Crippen MR) is 66.5 cm³/mol. The summed E-state index contributed by atoms with van der Waals surface area (Å²) in [7, 11) is -3.68. The molecule has 19 heavy (non-hydrogen) atoms. The first-order valence-electron chi connectivity index (χ1n) is 5.98. The van der Waals surface area contributed by atoms with E-state index < -0.39 is 15.8 Å². The molecule has 0 radical (unpaired) electrons. The highest BCUT2D eigenvalue weighted by Gasteiger charge is 2.28. The molecule has 0 aliphatic carbocycles. The van der Waals surface area contributed by atoms with Crippen molar-refractivity contribution in [2.24, 2.45) is 0 Å². The second-order valence-corrected chi connectivity index (χ2v) is 6.25. The molecule has 1 N–H and O–H groups in total. The van der Waals surface area contributed by atoms with E-state index in [-0.39, 0.29) is 11.5 Å². The number of pyridine rings is 1. The lowest BCUT2D eigenvalue weighted by atomic mass is 10.4. The summed E-state index contributed by atoms with van der Waals surface area (Å²) in [5.74, 6) is -0.667. The molecule has 0 unspecified atom stereocenters. The molecule has 8 heteroatoms. The van der Waals surface area contributed by atoms with E-state index in [4.69, 9.17) is 5.11 Å². The van der Waals surface area contributed by atoms with Crippen molar-refractivity contribution in [1.82, 2.24) is 14.2 Å². The van der Waals surface area contributed by atoms with Crippen LogP contribution in [-0.4, -0.2) is 67.0 Å². The molecule has 0 saturated carbocycles. The van der Waals surface area contributed by atoms with Gasteiger partial charge in [-0.2, -0.15) is 4.31 Å². The molecule has 1 fully saturated rings. The monoisotopic (exact) mass is 289 g/mol. The van der Waals surface area contributed by atoms with Gasteiger partial charge in [-0.05, 0) is 6.07 Å². The van der Waals surface area contributed by atoms with Crippen molar-refractivity contribution in [3.05, 3.63) is 24.3 Å². The molecule has 1 aromatic heterocycles. The van der Waals surface area contributed by atoms with Gasteiger partial charge in [-0.3, -0.25) is 9.88 Å². The van der Waals surface area contributed by atoms with E-state index >= 15 is 0 Å². The summed E-state index contributed by atoms with van der Waals surface area (Å²) >= 11 is 0. The number of rotatable bonds is 4. The van der Waals surface area contributed by atoms with Gasteiger partial charge in [-0.15, -0.1) is 0 Å². The molecule has 1 aromatic rings. The molecular weight excluding hydrogens is 273 g/mol. The second kappa shape index (κ2) is 5.91. The number of hydrogen-bond donors (Lipinski definition) is 1. The predicted octanol–water partition coefficient (Wildman–Crippen LogP) is -0.481. The minimum Gasteiger partial charge on any atom is -0.395 e. The third-order valence-electron chi connectivity index (χ3n) is 3.07. The van der Waals surface area contributed by atoms with Crippen LogP contribution in [0.3, 0.4) is 0 Å². The molecule has 0 atom stereocenters. The molecule has 106 valence electrons. The molecule has 1 aliphatic rings. The van der Waals surface area contributed by atoms with Crippen molar-refractivity contribution in [1.29, 1.82) is 0 Å². The van der Waals surface area contributed by atoms with Crippen LogP contribution in [0, 0.1) is 5.82 Å². The number of aliphatic hydroxyl groups is 1. The Balaban J connectivity index is 2.10. The van der Waals surface area contributed by atoms with Crippen LogP contribution < -0.4 is 0 Å². The van der Waals surface area contributed by atoms with E-state index in [1.165, 1.54) is 4.31 Å². The van der Waals surface area contributed by atoms with Gasteiger partial charge in [-0.25, -0.2) is 12.8 Å². The molecular formula is C11H16FN3O3S. The van der Waals surface area contributed by atoms with Crippen LogP contribution in [0.15, 0.2) is 23.4 Å². The fraction of sp³-hybridized carbons (Fsp3) is 0.545. The van der Waals surface area contributed by atoms with Crippen LogP contribution in [0.2, 0.25) is 0 Å². The lowest BCUT2D eigenvalue weighted by Crippen LogP contribution is -2.49. The Bertz CT molecular complexity index is 530. The van der Waals surface area contributed by atoms with E-state index in [9.17, 15) is 12.8 Å². The minimum absolute atomic E-state index is 0.0561. The molecule has 2 heterocycles. The van der Waals surface area contributed by atoms with Gasteiger partial charge in [0, 0.05) is 38.9 Å². The van der Waals surface area contributed by atoms with Crippen molar-refractivity contribution >= 4 is 10.0 Å². The van der Waals surface area contributed by atoms with Crippen LogP contribution >= 0.6 is 0 Å². The van der Waals surface area contributed by atoms with Gasteiger partial charge in [0.1, 0.15) is 10.7 Å². The summed E-state index contributed by atoms with van der Waals surface area (Å²) in [5, 5.41) is 8.83. The zero-order valence-electron chi connectivity index (χ0n) is 10.4. The number of piperazine rings is 1. The Morgan fingerprint density at radius 1 is 1.26 bits per heavy atom. The minimum atomic E-state index is -3.68. The highest BCUT2D eigenvalue weighted by molar-refractivity contribution is 7.89. The summed E-state index contributed by atoms with van der Waals surface area (Å²) in [6.45, 7) is 2.37. The van der Waals surface area contributed by atoms with Gasteiger partial charge < -0.3 is 5.11 Å². The third kappa shape index (κ3) is 3.27. The Morgan fingerprint density at radius 3 is 2.53 bits per heavy atom. The normalized spacial score (nSPS) is 18.6. The average Bonchev–Trinajstić information content (AvgIpc) is 2.40. The number of aliphatic hydroxyl groups excluding tert-OH is 1. The Morgan fingerprint density at radius 2 is 1.95 bits per heavy atom. The number of nitrogens with zero attached hydrogens (tertiary/aromatic N) is 3. The smallest absolute Gasteiger partial charge is 0.244 e. The molecule has 0 amide bonds. The highest BCUT2D eigenvalue weighted by Crippen LogP contribution is 2.17. The van der Waals surface area contributed by atoms with Crippen molar-refractivity contribution in [2.45, 2.75) is 4.90 Å². The number of aromatic nitrogens is 1. The maximum absolute atomic E-state index is 13.0. The van der Waals surface area contributed by atoms with E-state index in [0.29, 0.717) is 32.7 Å². The molecule has 0 spiro atoms. The molecule has 2 rings (SSSR count). The van der Waals surface area contributed by atoms with E-state index in [1.807, 2.05) is 4.90 Å². The number of halogens is 1. The van der Waals surface area contributed by atoms with Gasteiger partial charge >= 0.3 is 0 Å². The quantitative estimate of drug-likeness (QED) is 0.810. The summed E-state index contributed by atoms with van der Waals surface area (Å²) in [6.07, 6.45) is 2.12. The third-order valence-corrected chi connectivity index (χ3v) is 4.93.